The number of nitrogens with one attached hydrogen (secondary N) is 3. The fraction of sp³-hybridized carbons (Fsp3) is 0.0588. The van der Waals surface area contributed by atoms with Crippen LogP contribution >= 0.6 is 11.6 Å². The summed E-state index contributed by atoms with van der Waals surface area (Å²) in [5.74, 6) is 0. The maximum absolute atomic E-state index is 12.2. The molecule has 3 rings (SSSR count). The number of rotatable bonds is 3. The first-order valence-electron chi connectivity index (χ1n) is 7.15. The quantitative estimate of drug-likeness (QED) is 0.624. The summed E-state index contributed by atoms with van der Waals surface area (Å²) in [6, 6.07) is 13.2. The van der Waals surface area contributed by atoms with Crippen LogP contribution in [0.1, 0.15) is 0 Å². The number of amides is 2. The van der Waals surface area contributed by atoms with E-state index >= 15 is 0 Å². The summed E-state index contributed by atoms with van der Waals surface area (Å²) in [5, 5.41) is 9.26. The topological polar surface area (TPSA) is 83.4 Å². The Morgan fingerprint density at radius 3 is 2.58 bits per heavy atom. The molecule has 3 N–H and O–H groups in total. The molecule has 0 aliphatic rings. The van der Waals surface area contributed by atoms with Crippen LogP contribution in [0.15, 0.2) is 57.7 Å². The summed E-state index contributed by atoms with van der Waals surface area (Å²) in [6.45, 7) is 0. The van der Waals surface area contributed by atoms with Gasteiger partial charge in [0.2, 0.25) is 0 Å². The average Bonchev–Trinajstić information content (AvgIpc) is 2.55. The van der Waals surface area contributed by atoms with Gasteiger partial charge in [0.15, 0.2) is 5.69 Å². The second-order valence-corrected chi connectivity index (χ2v) is 5.41. The van der Waals surface area contributed by atoms with Crippen molar-refractivity contribution < 1.29 is 9.21 Å². The molecule has 0 fully saturated rings. The van der Waals surface area contributed by atoms with Crippen molar-refractivity contribution >= 4 is 45.7 Å². The number of carbonyl (C=O) groups is 1. The third-order valence-electron chi connectivity index (χ3n) is 3.38. The van der Waals surface area contributed by atoms with Crippen molar-refractivity contribution in [3.05, 3.63) is 64.0 Å². The minimum atomic E-state index is -0.640. The van der Waals surface area contributed by atoms with Crippen molar-refractivity contribution in [2.45, 2.75) is 0 Å². The smallest absolute Gasteiger partial charge is 0.362 e. The third-order valence-corrected chi connectivity index (χ3v) is 3.62. The number of carbonyl (C=O) groups excluding carboxylic acids is 1. The second-order valence-electron chi connectivity index (χ2n) is 4.98. The van der Waals surface area contributed by atoms with E-state index in [4.69, 9.17) is 16.0 Å². The maximum atomic E-state index is 12.2. The molecular weight excluding hydrogens is 330 g/mol. The van der Waals surface area contributed by atoms with Crippen LogP contribution < -0.4 is 21.6 Å². The molecule has 0 aliphatic heterocycles. The number of urea groups is 1. The van der Waals surface area contributed by atoms with Gasteiger partial charge < -0.3 is 15.1 Å². The van der Waals surface area contributed by atoms with Crippen LogP contribution in [0.3, 0.4) is 0 Å². The van der Waals surface area contributed by atoms with E-state index in [1.54, 1.807) is 49.5 Å². The van der Waals surface area contributed by atoms with Gasteiger partial charge in [0.05, 0.1) is 5.69 Å². The lowest BCUT2D eigenvalue weighted by Gasteiger charge is -2.12. The monoisotopic (exact) mass is 343 g/mol. The van der Waals surface area contributed by atoms with Gasteiger partial charge in [0.1, 0.15) is 5.58 Å². The van der Waals surface area contributed by atoms with E-state index in [1.807, 2.05) is 6.07 Å². The minimum Gasteiger partial charge on any atom is -0.421 e. The highest BCUT2D eigenvalue weighted by molar-refractivity contribution is 6.30. The molecule has 1 aromatic heterocycles. The molecule has 0 spiro atoms. The van der Waals surface area contributed by atoms with Gasteiger partial charge >= 0.3 is 11.7 Å². The zero-order valence-electron chi connectivity index (χ0n) is 12.7. The number of fused-ring (bicyclic) bond motifs is 1. The standard InChI is InChI=1S/C17H14ClN3O3/c1-19-14-12-7-2-3-8-13(12)24-16(22)15(14)21-17(23)20-11-6-4-5-10(18)9-11/h2-9,19H,1H3,(H2,20,21,23). The highest BCUT2D eigenvalue weighted by Gasteiger charge is 2.16. The Kier molecular flexibility index (Phi) is 4.39. The summed E-state index contributed by atoms with van der Waals surface area (Å²) in [6.07, 6.45) is 0. The molecule has 24 heavy (non-hydrogen) atoms. The van der Waals surface area contributed by atoms with Gasteiger partial charge in [-0.3, -0.25) is 5.32 Å². The number of halogens is 1. The van der Waals surface area contributed by atoms with Gasteiger partial charge in [-0.2, -0.15) is 0 Å². The Labute approximate surface area is 142 Å². The van der Waals surface area contributed by atoms with Gasteiger partial charge in [-0.15, -0.1) is 0 Å². The summed E-state index contributed by atoms with van der Waals surface area (Å²) < 4.78 is 5.25. The average molecular weight is 344 g/mol. The molecule has 0 saturated carbocycles. The lowest BCUT2D eigenvalue weighted by molar-refractivity contribution is 0.262. The van der Waals surface area contributed by atoms with E-state index in [0.29, 0.717) is 27.4 Å². The number of anilines is 3. The molecule has 2 aromatic carbocycles. The van der Waals surface area contributed by atoms with Crippen LogP contribution in [0.25, 0.3) is 11.0 Å². The lowest BCUT2D eigenvalue weighted by Crippen LogP contribution is -2.24. The maximum Gasteiger partial charge on any atom is 0.362 e. The first kappa shape index (κ1) is 15.9. The van der Waals surface area contributed by atoms with E-state index < -0.39 is 11.7 Å². The normalized spacial score (nSPS) is 10.4. The van der Waals surface area contributed by atoms with Gasteiger partial charge in [0, 0.05) is 23.1 Å². The highest BCUT2D eigenvalue weighted by Crippen LogP contribution is 2.28. The van der Waals surface area contributed by atoms with Crippen LogP contribution in [0.2, 0.25) is 5.02 Å². The lowest BCUT2D eigenvalue weighted by atomic mass is 10.2. The zero-order chi connectivity index (χ0) is 17.1. The molecule has 1 heterocycles. The first-order valence-corrected chi connectivity index (χ1v) is 7.53. The van der Waals surface area contributed by atoms with E-state index in [2.05, 4.69) is 16.0 Å². The first-order chi connectivity index (χ1) is 11.6. The SMILES string of the molecule is CNc1c(NC(=O)Nc2cccc(Cl)c2)c(=O)oc2ccccc12. The molecule has 0 saturated heterocycles. The zero-order valence-corrected chi connectivity index (χ0v) is 13.5. The molecular formula is C17H14ClN3O3. The van der Waals surface area contributed by atoms with Crippen molar-refractivity contribution in [3.63, 3.8) is 0 Å². The number of hydrogen-bond acceptors (Lipinski definition) is 4. The van der Waals surface area contributed by atoms with Crippen LogP contribution in [0, 0.1) is 0 Å². The van der Waals surface area contributed by atoms with Gasteiger partial charge in [0.25, 0.3) is 0 Å². The van der Waals surface area contributed by atoms with Crippen molar-refractivity contribution in [2.75, 3.05) is 23.0 Å². The van der Waals surface area contributed by atoms with Crippen LogP contribution in [0.5, 0.6) is 0 Å². The van der Waals surface area contributed by atoms with Crippen molar-refractivity contribution in [3.8, 4) is 0 Å². The number of benzene rings is 2. The summed E-state index contributed by atoms with van der Waals surface area (Å²) in [5.41, 5.74) is 0.835. The molecule has 6 nitrogen and oxygen atoms in total. The van der Waals surface area contributed by atoms with Crippen LogP contribution in [-0.4, -0.2) is 13.1 Å². The van der Waals surface area contributed by atoms with Crippen LogP contribution in [0.4, 0.5) is 21.9 Å². The molecule has 0 atom stereocenters. The van der Waals surface area contributed by atoms with E-state index in [-0.39, 0.29) is 5.69 Å². The summed E-state index contributed by atoms with van der Waals surface area (Å²) in [7, 11) is 1.67. The summed E-state index contributed by atoms with van der Waals surface area (Å²) >= 11 is 5.88. The molecule has 0 unspecified atom stereocenters. The predicted octanol–water partition coefficient (Wildman–Crippen LogP) is 4.13. The van der Waals surface area contributed by atoms with Crippen LogP contribution in [-0.2, 0) is 0 Å². The Bertz CT molecular complexity index is 969. The molecule has 2 amide bonds. The molecule has 122 valence electrons. The van der Waals surface area contributed by atoms with Crippen molar-refractivity contribution in [1.82, 2.24) is 0 Å². The summed E-state index contributed by atoms with van der Waals surface area (Å²) in [4.78, 5) is 24.4. The minimum absolute atomic E-state index is 0.0377. The number of hydrogen-bond donors (Lipinski definition) is 3. The largest absolute Gasteiger partial charge is 0.421 e. The van der Waals surface area contributed by atoms with Crippen molar-refractivity contribution in [1.29, 1.82) is 0 Å². The number of para-hydroxylation sites is 1. The third kappa shape index (κ3) is 3.18. The van der Waals surface area contributed by atoms with Gasteiger partial charge in [-0.25, -0.2) is 9.59 Å². The van der Waals surface area contributed by atoms with Gasteiger partial charge in [-0.05, 0) is 30.3 Å². The predicted molar refractivity (Wildman–Crippen MR) is 96.1 cm³/mol. The second kappa shape index (κ2) is 6.64. The fourth-order valence-electron chi connectivity index (χ4n) is 2.37. The molecule has 7 heteroatoms. The molecule has 3 aromatic rings. The Hall–Kier alpha value is -2.99. The van der Waals surface area contributed by atoms with E-state index in [9.17, 15) is 9.59 Å². The highest BCUT2D eigenvalue weighted by atomic mass is 35.5. The Morgan fingerprint density at radius 1 is 1.04 bits per heavy atom. The fourth-order valence-corrected chi connectivity index (χ4v) is 2.56. The van der Waals surface area contributed by atoms with Gasteiger partial charge in [-0.1, -0.05) is 29.8 Å². The van der Waals surface area contributed by atoms with Crippen molar-refractivity contribution in [2.24, 2.45) is 0 Å². The van der Waals surface area contributed by atoms with E-state index in [1.165, 1.54) is 0 Å². The Morgan fingerprint density at radius 2 is 1.83 bits per heavy atom. The molecule has 0 radical (unpaired) electrons. The molecule has 0 bridgehead atoms. The Balaban J connectivity index is 1.93. The molecule has 0 aliphatic carbocycles. The van der Waals surface area contributed by atoms with E-state index in [0.717, 1.165) is 0 Å².